The first-order chi connectivity index (χ1) is 13.1. The molecule has 29 heavy (non-hydrogen) atoms. The van der Waals surface area contributed by atoms with E-state index in [1.165, 1.54) is 0 Å². The summed E-state index contributed by atoms with van der Waals surface area (Å²) in [5.41, 5.74) is 0. The molecule has 0 aliphatic rings. The zero-order valence-corrected chi connectivity index (χ0v) is 21.6. The Bertz CT molecular complexity index is 579. The van der Waals surface area contributed by atoms with E-state index in [1.807, 2.05) is 20.8 Å². The second kappa shape index (κ2) is 15.6. The summed E-state index contributed by atoms with van der Waals surface area (Å²) in [7, 11) is -5.04. The van der Waals surface area contributed by atoms with Gasteiger partial charge in [0.25, 0.3) is 10.1 Å². The number of rotatable bonds is 16. The van der Waals surface area contributed by atoms with E-state index < -0.39 is 45.2 Å². The van der Waals surface area contributed by atoms with Gasteiger partial charge in [-0.05, 0) is 31.6 Å². The molecule has 0 amide bonds. The second-order valence-corrected chi connectivity index (χ2v) is 9.12. The molecule has 0 aliphatic carbocycles. The molecule has 0 bridgehead atoms. The Morgan fingerprint density at radius 2 is 1.48 bits per heavy atom. The monoisotopic (exact) mass is 444 g/mol. The van der Waals surface area contributed by atoms with Crippen LogP contribution in [0.3, 0.4) is 0 Å². The summed E-state index contributed by atoms with van der Waals surface area (Å²) in [6.45, 7) is 7.51. The Morgan fingerprint density at radius 3 is 1.86 bits per heavy atom. The van der Waals surface area contributed by atoms with Gasteiger partial charge in [0, 0.05) is 12.4 Å². The SMILES string of the molecule is CCCCCC(CC)OC(=O)C(CC(=O)[O-])(C(CC)CCCCC)S(=O)(=O)O.[Na+]. The molecule has 0 saturated heterocycles. The van der Waals surface area contributed by atoms with E-state index in [2.05, 4.69) is 0 Å². The van der Waals surface area contributed by atoms with E-state index in [-0.39, 0.29) is 36.0 Å². The van der Waals surface area contributed by atoms with Gasteiger partial charge in [-0.15, -0.1) is 0 Å². The first kappa shape index (κ1) is 31.0. The zero-order chi connectivity index (χ0) is 21.8. The molecule has 0 saturated carbocycles. The third kappa shape index (κ3) is 9.68. The Kier molecular flexibility index (Phi) is 16.7. The van der Waals surface area contributed by atoms with E-state index >= 15 is 0 Å². The number of carbonyl (C=O) groups excluding carboxylic acids is 2. The number of ether oxygens (including phenoxy) is 1. The molecular formula is C20H37NaO7S. The van der Waals surface area contributed by atoms with E-state index in [4.69, 9.17) is 4.74 Å². The maximum atomic E-state index is 13.0. The molecule has 1 N–H and O–H groups in total. The molecule has 9 heteroatoms. The fourth-order valence-electron chi connectivity index (χ4n) is 3.63. The van der Waals surface area contributed by atoms with Gasteiger partial charge in [-0.3, -0.25) is 9.35 Å². The van der Waals surface area contributed by atoms with Crippen LogP contribution in [0.15, 0.2) is 0 Å². The van der Waals surface area contributed by atoms with Gasteiger partial charge in [0.15, 0.2) is 0 Å². The smallest absolute Gasteiger partial charge is 0.550 e. The normalized spacial score (nSPS) is 15.6. The maximum absolute atomic E-state index is 13.0. The minimum atomic E-state index is -5.04. The number of esters is 1. The molecule has 0 heterocycles. The van der Waals surface area contributed by atoms with Crippen molar-refractivity contribution in [2.24, 2.45) is 5.92 Å². The number of hydrogen-bond acceptors (Lipinski definition) is 6. The topological polar surface area (TPSA) is 121 Å². The van der Waals surface area contributed by atoms with Crippen LogP contribution >= 0.6 is 0 Å². The Morgan fingerprint density at radius 1 is 0.966 bits per heavy atom. The van der Waals surface area contributed by atoms with Crippen molar-refractivity contribution in [3.63, 3.8) is 0 Å². The molecule has 0 spiro atoms. The summed E-state index contributed by atoms with van der Waals surface area (Å²) in [5.74, 6) is -3.75. The van der Waals surface area contributed by atoms with Gasteiger partial charge in [-0.1, -0.05) is 66.2 Å². The van der Waals surface area contributed by atoms with Crippen LogP contribution in [0.2, 0.25) is 0 Å². The van der Waals surface area contributed by atoms with Crippen LogP contribution in [-0.2, 0) is 24.4 Å². The molecule has 0 radical (unpaired) electrons. The average molecular weight is 445 g/mol. The Hall–Kier alpha value is -0.150. The quantitative estimate of drug-likeness (QED) is 0.157. The van der Waals surface area contributed by atoms with Crippen molar-refractivity contribution >= 4 is 22.1 Å². The number of hydrogen-bond donors (Lipinski definition) is 1. The van der Waals surface area contributed by atoms with Crippen LogP contribution in [0.5, 0.6) is 0 Å². The molecule has 0 rings (SSSR count). The first-order valence-electron chi connectivity index (χ1n) is 10.5. The minimum absolute atomic E-state index is 0. The Balaban J connectivity index is 0. The number of carboxylic acids is 1. The van der Waals surface area contributed by atoms with Gasteiger partial charge < -0.3 is 14.6 Å². The first-order valence-corrected chi connectivity index (χ1v) is 11.9. The third-order valence-corrected chi connectivity index (χ3v) is 6.94. The van der Waals surface area contributed by atoms with Crippen LogP contribution in [0, 0.1) is 5.92 Å². The van der Waals surface area contributed by atoms with E-state index in [0.717, 1.165) is 32.1 Å². The van der Waals surface area contributed by atoms with E-state index in [0.29, 0.717) is 25.7 Å². The van der Waals surface area contributed by atoms with Crippen molar-refractivity contribution in [2.45, 2.75) is 109 Å². The van der Waals surface area contributed by atoms with Crippen molar-refractivity contribution < 1.29 is 62.0 Å². The van der Waals surface area contributed by atoms with E-state index in [1.54, 1.807) is 6.92 Å². The summed E-state index contributed by atoms with van der Waals surface area (Å²) in [5, 5.41) is 11.4. The van der Waals surface area contributed by atoms with Gasteiger partial charge in [-0.2, -0.15) is 8.42 Å². The minimum Gasteiger partial charge on any atom is -0.550 e. The van der Waals surface area contributed by atoms with Gasteiger partial charge in [-0.25, -0.2) is 0 Å². The maximum Gasteiger partial charge on any atom is 1.00 e. The number of carbonyl (C=O) groups is 2. The largest absolute Gasteiger partial charge is 1.00 e. The van der Waals surface area contributed by atoms with Crippen molar-refractivity contribution in [1.82, 2.24) is 0 Å². The third-order valence-electron chi connectivity index (χ3n) is 5.38. The predicted molar refractivity (Wildman–Crippen MR) is 106 cm³/mol. The molecule has 0 fully saturated rings. The molecule has 7 nitrogen and oxygen atoms in total. The van der Waals surface area contributed by atoms with Gasteiger partial charge in [0.05, 0.1) is 0 Å². The van der Waals surface area contributed by atoms with Crippen molar-refractivity contribution in [3.8, 4) is 0 Å². The van der Waals surface area contributed by atoms with Crippen molar-refractivity contribution in [1.29, 1.82) is 0 Å². The van der Waals surface area contributed by atoms with Crippen LogP contribution in [-0.4, -0.2) is 35.8 Å². The molecule has 0 aliphatic heterocycles. The van der Waals surface area contributed by atoms with Crippen LogP contribution in [0.1, 0.15) is 98.3 Å². The molecule has 166 valence electrons. The van der Waals surface area contributed by atoms with Crippen LogP contribution in [0.25, 0.3) is 0 Å². The fourth-order valence-corrected chi connectivity index (χ4v) is 4.90. The van der Waals surface area contributed by atoms with E-state index in [9.17, 15) is 27.7 Å². The molecule has 0 aromatic carbocycles. The molecule has 0 aromatic rings. The summed E-state index contributed by atoms with van der Waals surface area (Å²) < 4.78 is 37.6. The average Bonchev–Trinajstić information content (AvgIpc) is 2.61. The second-order valence-electron chi connectivity index (χ2n) is 7.45. The van der Waals surface area contributed by atoms with Crippen LogP contribution in [0.4, 0.5) is 0 Å². The van der Waals surface area contributed by atoms with Gasteiger partial charge >= 0.3 is 35.5 Å². The van der Waals surface area contributed by atoms with Gasteiger partial charge in [0.2, 0.25) is 4.75 Å². The Labute approximate surface area is 198 Å². The molecular weight excluding hydrogens is 407 g/mol. The fraction of sp³-hybridized carbons (Fsp3) is 0.900. The van der Waals surface area contributed by atoms with Gasteiger partial charge in [0.1, 0.15) is 6.10 Å². The van der Waals surface area contributed by atoms with Crippen molar-refractivity contribution in [2.75, 3.05) is 0 Å². The predicted octanol–water partition coefficient (Wildman–Crippen LogP) is 0.266. The molecule has 0 aromatic heterocycles. The molecule has 3 unspecified atom stereocenters. The zero-order valence-electron chi connectivity index (χ0n) is 18.7. The number of carboxylic acid groups (broad SMARTS) is 1. The van der Waals surface area contributed by atoms with Crippen LogP contribution < -0.4 is 34.7 Å². The standard InChI is InChI=1S/C20H38O7S.Na/c1-5-9-11-13-16(7-3)20(15-18(21)22,28(24,25)26)19(23)27-17(8-4)14-12-10-6-2;/h16-17H,5-15H2,1-4H3,(H,21,22)(H,24,25,26);/q;+1/p-1. The summed E-state index contributed by atoms with van der Waals surface area (Å²) >= 11 is 0. The summed E-state index contributed by atoms with van der Waals surface area (Å²) in [6, 6.07) is 0. The van der Waals surface area contributed by atoms with Crippen molar-refractivity contribution in [3.05, 3.63) is 0 Å². The molecule has 3 atom stereocenters. The number of unbranched alkanes of at least 4 members (excludes halogenated alkanes) is 4. The summed E-state index contributed by atoms with van der Waals surface area (Å²) in [6.07, 6.45) is 5.01. The number of aliphatic carboxylic acids is 1. The summed E-state index contributed by atoms with van der Waals surface area (Å²) in [4.78, 5) is 24.4.